The average molecular weight is 422 g/mol. The highest BCUT2D eigenvalue weighted by Gasteiger charge is 2.13. The zero-order valence-electron chi connectivity index (χ0n) is 18.5. The number of benzene rings is 2. The standard InChI is InChI=1S/C22H20N4O5/c1-31-17-4-2-3-15(9-17)12-24-21(28)19-10-18(25-13-26-19)20(27)23-11-14-5-7-16(8-6-14)22(29)30/h2-10,13H,11-12H2,1H3,(H,23,27)(H,24,28)(H,29,30)/i11D2. The molecular weight excluding hydrogens is 400 g/mol. The van der Waals surface area contributed by atoms with Crippen molar-refractivity contribution in [1.29, 1.82) is 0 Å². The van der Waals surface area contributed by atoms with Gasteiger partial charge in [-0.05, 0) is 35.4 Å². The van der Waals surface area contributed by atoms with Crippen molar-refractivity contribution in [2.45, 2.75) is 13.0 Å². The number of carboxylic acid groups (broad SMARTS) is 1. The number of aromatic nitrogens is 2. The van der Waals surface area contributed by atoms with Gasteiger partial charge in [0.2, 0.25) is 0 Å². The molecule has 31 heavy (non-hydrogen) atoms. The number of carboxylic acids is 1. The predicted molar refractivity (Wildman–Crippen MR) is 111 cm³/mol. The lowest BCUT2D eigenvalue weighted by atomic mass is 10.1. The number of ether oxygens (including phenoxy) is 1. The van der Waals surface area contributed by atoms with Crippen LogP contribution in [0.4, 0.5) is 0 Å². The van der Waals surface area contributed by atoms with Crippen LogP contribution in [0.1, 0.15) is 45.2 Å². The predicted octanol–water partition coefficient (Wildman–Crippen LogP) is 2.04. The van der Waals surface area contributed by atoms with Crippen molar-refractivity contribution in [3.05, 3.63) is 89.0 Å². The fraction of sp³-hybridized carbons (Fsp3) is 0.136. The second-order valence-corrected chi connectivity index (χ2v) is 6.28. The Morgan fingerprint density at radius 2 is 1.65 bits per heavy atom. The fourth-order valence-corrected chi connectivity index (χ4v) is 2.55. The number of methoxy groups -OCH3 is 1. The minimum Gasteiger partial charge on any atom is -0.497 e. The maximum absolute atomic E-state index is 12.6. The van der Waals surface area contributed by atoms with E-state index in [2.05, 4.69) is 20.6 Å². The van der Waals surface area contributed by atoms with Gasteiger partial charge in [-0.2, -0.15) is 0 Å². The molecule has 0 bridgehead atoms. The maximum atomic E-state index is 12.6. The van der Waals surface area contributed by atoms with Gasteiger partial charge in [-0.25, -0.2) is 14.8 Å². The van der Waals surface area contributed by atoms with E-state index in [1.54, 1.807) is 25.3 Å². The monoisotopic (exact) mass is 422 g/mol. The molecule has 1 aromatic heterocycles. The van der Waals surface area contributed by atoms with Gasteiger partial charge in [0.05, 0.1) is 15.4 Å². The molecule has 0 aliphatic rings. The SMILES string of the molecule is [2H]C([2H])(NC(=O)c1cc(C(=O)NCc2cccc(OC)c2)ncn1)c1ccc(C(=O)O)cc1. The van der Waals surface area contributed by atoms with Crippen molar-refractivity contribution in [3.8, 4) is 5.75 Å². The number of amides is 2. The molecule has 0 fully saturated rings. The van der Waals surface area contributed by atoms with Gasteiger partial charge in [0, 0.05) is 19.1 Å². The summed E-state index contributed by atoms with van der Waals surface area (Å²) in [6.45, 7) is -2.11. The molecule has 3 rings (SSSR count). The van der Waals surface area contributed by atoms with Crippen molar-refractivity contribution in [2.75, 3.05) is 7.11 Å². The molecule has 3 N–H and O–H groups in total. The molecule has 2 amide bonds. The fourth-order valence-electron chi connectivity index (χ4n) is 2.55. The van der Waals surface area contributed by atoms with E-state index in [4.69, 9.17) is 12.6 Å². The van der Waals surface area contributed by atoms with E-state index in [1.165, 1.54) is 24.3 Å². The average Bonchev–Trinajstić information content (AvgIpc) is 2.82. The van der Waals surface area contributed by atoms with Crippen molar-refractivity contribution < 1.29 is 27.0 Å². The molecule has 1 heterocycles. The summed E-state index contributed by atoms with van der Waals surface area (Å²) in [5.74, 6) is -1.91. The van der Waals surface area contributed by atoms with Gasteiger partial charge in [0.1, 0.15) is 23.5 Å². The molecule has 2 aromatic carbocycles. The Kier molecular flexibility index (Phi) is 6.03. The molecule has 9 heteroatoms. The lowest BCUT2D eigenvalue weighted by molar-refractivity contribution is 0.0696. The largest absolute Gasteiger partial charge is 0.497 e. The zero-order valence-corrected chi connectivity index (χ0v) is 16.5. The van der Waals surface area contributed by atoms with Crippen LogP contribution in [-0.4, -0.2) is 40.0 Å². The van der Waals surface area contributed by atoms with Crippen LogP contribution in [0.3, 0.4) is 0 Å². The summed E-state index contributed by atoms with van der Waals surface area (Å²) in [5, 5.41) is 13.8. The summed E-state index contributed by atoms with van der Waals surface area (Å²) >= 11 is 0. The van der Waals surface area contributed by atoms with Gasteiger partial charge in [-0.15, -0.1) is 0 Å². The van der Waals surface area contributed by atoms with Gasteiger partial charge in [0.15, 0.2) is 0 Å². The Labute approximate surface area is 180 Å². The van der Waals surface area contributed by atoms with Gasteiger partial charge in [0.25, 0.3) is 11.8 Å². The normalized spacial score (nSPS) is 11.6. The van der Waals surface area contributed by atoms with Crippen molar-refractivity contribution >= 4 is 17.8 Å². The minimum absolute atomic E-state index is 0.0127. The van der Waals surface area contributed by atoms with Crippen LogP contribution in [0.2, 0.25) is 0 Å². The van der Waals surface area contributed by atoms with Crippen LogP contribution in [0, 0.1) is 0 Å². The summed E-state index contributed by atoms with van der Waals surface area (Å²) in [4.78, 5) is 43.6. The molecule has 0 saturated carbocycles. The first-order valence-corrected chi connectivity index (χ1v) is 9.09. The van der Waals surface area contributed by atoms with E-state index in [0.29, 0.717) is 5.75 Å². The first kappa shape index (κ1) is 18.7. The number of carbonyl (C=O) groups is 3. The van der Waals surface area contributed by atoms with E-state index >= 15 is 0 Å². The molecule has 9 nitrogen and oxygen atoms in total. The third-order valence-electron chi connectivity index (χ3n) is 4.17. The number of aromatic carboxylic acids is 1. The molecule has 0 aliphatic heterocycles. The Hall–Kier alpha value is -4.27. The van der Waals surface area contributed by atoms with Gasteiger partial charge in [-0.1, -0.05) is 24.3 Å². The van der Waals surface area contributed by atoms with Crippen molar-refractivity contribution in [1.82, 2.24) is 20.6 Å². The maximum Gasteiger partial charge on any atom is 0.335 e. The van der Waals surface area contributed by atoms with E-state index in [0.717, 1.165) is 18.0 Å². The summed E-state index contributed by atoms with van der Waals surface area (Å²) in [6.07, 6.45) is 1.03. The molecule has 0 atom stereocenters. The number of rotatable bonds is 8. The molecule has 0 spiro atoms. The quantitative estimate of drug-likeness (QED) is 0.506. The highest BCUT2D eigenvalue weighted by molar-refractivity contribution is 5.97. The van der Waals surface area contributed by atoms with Gasteiger partial charge >= 0.3 is 5.97 Å². The summed E-state index contributed by atoms with van der Waals surface area (Å²) in [7, 11) is 1.54. The van der Waals surface area contributed by atoms with Gasteiger partial charge in [-0.3, -0.25) is 9.59 Å². The first-order chi connectivity index (χ1) is 15.7. The van der Waals surface area contributed by atoms with Crippen LogP contribution < -0.4 is 15.4 Å². The number of carbonyl (C=O) groups excluding carboxylic acids is 2. The number of nitrogens with zero attached hydrogens (tertiary/aromatic N) is 2. The molecular formula is C22H20N4O5. The Balaban J connectivity index is 1.67. The first-order valence-electron chi connectivity index (χ1n) is 10.1. The summed E-state index contributed by atoms with van der Waals surface area (Å²) < 4.78 is 21.4. The van der Waals surface area contributed by atoms with Crippen LogP contribution in [-0.2, 0) is 13.0 Å². The Morgan fingerprint density at radius 1 is 0.968 bits per heavy atom. The molecule has 3 aromatic rings. The van der Waals surface area contributed by atoms with Crippen LogP contribution in [0.25, 0.3) is 0 Å². The third-order valence-corrected chi connectivity index (χ3v) is 4.17. The molecule has 0 saturated heterocycles. The van der Waals surface area contributed by atoms with Crippen LogP contribution in [0.5, 0.6) is 5.75 Å². The van der Waals surface area contributed by atoms with E-state index in [1.807, 2.05) is 6.07 Å². The number of hydrogen-bond donors (Lipinski definition) is 3. The molecule has 158 valence electrons. The van der Waals surface area contributed by atoms with E-state index in [9.17, 15) is 14.4 Å². The third kappa shape index (κ3) is 5.86. The lowest BCUT2D eigenvalue weighted by Gasteiger charge is -2.08. The highest BCUT2D eigenvalue weighted by atomic mass is 16.5. The highest BCUT2D eigenvalue weighted by Crippen LogP contribution is 2.12. The van der Waals surface area contributed by atoms with E-state index in [-0.39, 0.29) is 29.1 Å². The topological polar surface area (TPSA) is 131 Å². The van der Waals surface area contributed by atoms with Crippen molar-refractivity contribution in [2.24, 2.45) is 0 Å². The number of nitrogens with one attached hydrogen (secondary N) is 2. The lowest BCUT2D eigenvalue weighted by Crippen LogP contribution is -2.27. The second-order valence-electron chi connectivity index (χ2n) is 6.28. The Morgan fingerprint density at radius 3 is 2.29 bits per heavy atom. The zero-order chi connectivity index (χ0) is 24.0. The Bertz CT molecular complexity index is 1190. The second kappa shape index (κ2) is 9.97. The molecule has 0 unspecified atom stereocenters. The molecule has 0 aliphatic carbocycles. The smallest absolute Gasteiger partial charge is 0.335 e. The van der Waals surface area contributed by atoms with Gasteiger partial charge < -0.3 is 20.5 Å². The van der Waals surface area contributed by atoms with Crippen LogP contribution in [0.15, 0.2) is 60.9 Å². The van der Waals surface area contributed by atoms with E-state index < -0.39 is 24.3 Å². The van der Waals surface area contributed by atoms with Crippen LogP contribution >= 0.6 is 0 Å². The molecule has 0 radical (unpaired) electrons. The summed E-state index contributed by atoms with van der Waals surface area (Å²) in [5.41, 5.74) is 0.566. The number of hydrogen-bond acceptors (Lipinski definition) is 6. The van der Waals surface area contributed by atoms with Crippen molar-refractivity contribution in [3.63, 3.8) is 0 Å². The minimum atomic E-state index is -2.31. The summed E-state index contributed by atoms with van der Waals surface area (Å²) in [6, 6.07) is 13.3.